The Hall–Kier alpha value is -2.73. The molecule has 0 aromatic heterocycles. The Morgan fingerprint density at radius 1 is 0.548 bits per heavy atom. The number of amides is 4. The van der Waals surface area contributed by atoms with Gasteiger partial charge in [0.1, 0.15) is 24.2 Å². The molecule has 0 heterocycles. The van der Waals surface area contributed by atoms with Crippen molar-refractivity contribution < 1.29 is 29.1 Å². The molecule has 0 bridgehead atoms. The van der Waals surface area contributed by atoms with Crippen LogP contribution in [-0.4, -0.2) is 71.5 Å². The van der Waals surface area contributed by atoms with E-state index in [1.165, 1.54) is 0 Å². The standard InChI is InChI=1S/C30H58N6O6/c1-17(2)13-22(33-26(37)21(32)11-9-10-12-31)27(38)34-23(14-18(3)4)28(39)35-24(15-19(5)6)29(40)36-25(30(41)42)16-20(7)8/h17-25H,9-16,31-32H2,1-8H3,(H,33,37)(H,34,38)(H,35,39)(H,36,40)(H,41,42)/t21-,22-,23-,24-,25-/m0/s1. The van der Waals surface area contributed by atoms with Crippen molar-refractivity contribution in [3.63, 3.8) is 0 Å². The van der Waals surface area contributed by atoms with Crippen LogP contribution >= 0.6 is 0 Å². The molecule has 0 rings (SSSR count). The summed E-state index contributed by atoms with van der Waals surface area (Å²) in [6, 6.07) is -4.74. The first kappa shape index (κ1) is 39.3. The largest absolute Gasteiger partial charge is 0.480 e. The third-order valence-corrected chi connectivity index (χ3v) is 6.65. The van der Waals surface area contributed by atoms with E-state index in [-0.39, 0.29) is 36.5 Å². The van der Waals surface area contributed by atoms with Gasteiger partial charge in [-0.25, -0.2) is 4.79 Å². The molecule has 5 atom stereocenters. The first-order chi connectivity index (χ1) is 19.5. The molecule has 12 heteroatoms. The van der Waals surface area contributed by atoms with Crippen LogP contribution in [0.25, 0.3) is 0 Å². The van der Waals surface area contributed by atoms with Gasteiger partial charge in [-0.05, 0) is 68.7 Å². The molecule has 0 fully saturated rings. The molecule has 0 radical (unpaired) electrons. The molecule has 12 nitrogen and oxygen atoms in total. The van der Waals surface area contributed by atoms with Crippen LogP contribution in [0.2, 0.25) is 0 Å². The summed E-state index contributed by atoms with van der Waals surface area (Å²) < 4.78 is 0. The summed E-state index contributed by atoms with van der Waals surface area (Å²) in [7, 11) is 0. The molecule has 0 aliphatic rings. The Labute approximate surface area is 252 Å². The summed E-state index contributed by atoms with van der Waals surface area (Å²) in [5.41, 5.74) is 11.6. The maximum atomic E-state index is 13.5. The third-order valence-electron chi connectivity index (χ3n) is 6.65. The second kappa shape index (κ2) is 20.2. The number of rotatable bonds is 21. The van der Waals surface area contributed by atoms with Gasteiger partial charge in [0.05, 0.1) is 6.04 Å². The zero-order chi connectivity index (χ0) is 32.6. The fourth-order valence-corrected chi connectivity index (χ4v) is 4.54. The first-order valence-corrected chi connectivity index (χ1v) is 15.4. The number of nitrogens with one attached hydrogen (secondary N) is 4. The summed E-state index contributed by atoms with van der Waals surface area (Å²) in [5, 5.41) is 20.4. The summed E-state index contributed by atoms with van der Waals surface area (Å²) in [5.74, 6) is -3.10. The molecule has 0 aromatic carbocycles. The fraction of sp³-hybridized carbons (Fsp3) is 0.833. The summed E-state index contributed by atoms with van der Waals surface area (Å²) >= 11 is 0. The van der Waals surface area contributed by atoms with Crippen LogP contribution in [0, 0.1) is 23.7 Å². The van der Waals surface area contributed by atoms with E-state index in [1.54, 1.807) is 0 Å². The highest BCUT2D eigenvalue weighted by Crippen LogP contribution is 2.12. The Bertz CT molecular complexity index is 863. The van der Waals surface area contributed by atoms with Crippen molar-refractivity contribution >= 4 is 29.6 Å². The van der Waals surface area contributed by atoms with Gasteiger partial charge >= 0.3 is 5.97 Å². The van der Waals surface area contributed by atoms with Crippen molar-refractivity contribution in [1.29, 1.82) is 0 Å². The maximum absolute atomic E-state index is 13.5. The lowest BCUT2D eigenvalue weighted by Gasteiger charge is -2.28. The molecule has 9 N–H and O–H groups in total. The summed E-state index contributed by atoms with van der Waals surface area (Å²) in [6.45, 7) is 15.7. The van der Waals surface area contributed by atoms with Gasteiger partial charge in [-0.2, -0.15) is 0 Å². The van der Waals surface area contributed by atoms with Crippen LogP contribution in [0.1, 0.15) is 100 Å². The minimum absolute atomic E-state index is 0.0206. The Balaban J connectivity index is 5.80. The number of carboxylic acids is 1. The van der Waals surface area contributed by atoms with Gasteiger partial charge in [-0.15, -0.1) is 0 Å². The van der Waals surface area contributed by atoms with Gasteiger partial charge < -0.3 is 37.8 Å². The number of hydrogen-bond acceptors (Lipinski definition) is 7. The number of unbranched alkanes of at least 4 members (excludes halogenated alkanes) is 1. The molecule has 0 aliphatic heterocycles. The summed E-state index contributed by atoms with van der Waals surface area (Å²) in [6.07, 6.45) is 3.03. The van der Waals surface area contributed by atoms with Gasteiger partial charge in [0.25, 0.3) is 0 Å². The van der Waals surface area contributed by atoms with E-state index < -0.39 is 59.8 Å². The van der Waals surface area contributed by atoms with Gasteiger partial charge in [-0.3, -0.25) is 19.2 Å². The molecule has 0 aromatic rings. The number of carbonyl (C=O) groups is 5. The number of carbonyl (C=O) groups excluding carboxylic acids is 4. The highest BCUT2D eigenvalue weighted by Gasteiger charge is 2.32. The molecule has 0 unspecified atom stereocenters. The first-order valence-electron chi connectivity index (χ1n) is 15.4. The predicted octanol–water partition coefficient (Wildman–Crippen LogP) is 1.65. The molecular weight excluding hydrogens is 540 g/mol. The molecule has 0 spiro atoms. The van der Waals surface area contributed by atoms with Crippen molar-refractivity contribution in [1.82, 2.24) is 21.3 Å². The van der Waals surface area contributed by atoms with Gasteiger partial charge in [0.2, 0.25) is 23.6 Å². The lowest BCUT2D eigenvalue weighted by atomic mass is 9.98. The highest BCUT2D eigenvalue weighted by molar-refractivity contribution is 5.95. The monoisotopic (exact) mass is 598 g/mol. The van der Waals surface area contributed by atoms with Crippen LogP contribution in [-0.2, 0) is 24.0 Å². The normalized spacial score (nSPS) is 15.2. The lowest BCUT2D eigenvalue weighted by molar-refractivity contribution is -0.143. The van der Waals surface area contributed by atoms with Crippen LogP contribution in [0.3, 0.4) is 0 Å². The minimum Gasteiger partial charge on any atom is -0.480 e. The predicted molar refractivity (Wildman–Crippen MR) is 164 cm³/mol. The topological polar surface area (TPSA) is 206 Å². The zero-order valence-electron chi connectivity index (χ0n) is 27.0. The van der Waals surface area contributed by atoms with Gasteiger partial charge in [0, 0.05) is 0 Å². The van der Waals surface area contributed by atoms with E-state index in [4.69, 9.17) is 11.5 Å². The number of hydrogen-bond donors (Lipinski definition) is 7. The van der Waals surface area contributed by atoms with E-state index in [9.17, 15) is 29.1 Å². The van der Waals surface area contributed by atoms with E-state index in [0.29, 0.717) is 32.2 Å². The Morgan fingerprint density at radius 3 is 1.17 bits per heavy atom. The number of carboxylic acid groups (broad SMARTS) is 1. The van der Waals surface area contributed by atoms with Crippen LogP contribution in [0.5, 0.6) is 0 Å². The van der Waals surface area contributed by atoms with Gasteiger partial charge in [0.15, 0.2) is 0 Å². The van der Waals surface area contributed by atoms with E-state index >= 15 is 0 Å². The van der Waals surface area contributed by atoms with Crippen LogP contribution in [0.4, 0.5) is 0 Å². The SMILES string of the molecule is CC(C)C[C@H](NC(=O)[C@H](CC(C)C)NC(=O)[C@H](CC(C)C)NC(=O)[C@H](CC(C)C)NC(=O)[C@@H](N)CCCCN)C(=O)O. The Kier molecular flexibility index (Phi) is 18.9. The Morgan fingerprint density at radius 2 is 0.857 bits per heavy atom. The van der Waals surface area contributed by atoms with Crippen molar-refractivity contribution in [2.75, 3.05) is 6.54 Å². The van der Waals surface area contributed by atoms with Gasteiger partial charge in [-0.1, -0.05) is 61.8 Å². The van der Waals surface area contributed by atoms with Crippen molar-refractivity contribution in [2.45, 2.75) is 131 Å². The van der Waals surface area contributed by atoms with E-state index in [1.807, 2.05) is 55.4 Å². The molecule has 244 valence electrons. The lowest BCUT2D eigenvalue weighted by Crippen LogP contribution is -2.59. The average Bonchev–Trinajstić information content (AvgIpc) is 2.85. The molecule has 0 saturated heterocycles. The van der Waals surface area contributed by atoms with Crippen LogP contribution < -0.4 is 32.7 Å². The highest BCUT2D eigenvalue weighted by atomic mass is 16.4. The van der Waals surface area contributed by atoms with Crippen molar-refractivity contribution in [2.24, 2.45) is 35.1 Å². The van der Waals surface area contributed by atoms with Crippen molar-refractivity contribution in [3.05, 3.63) is 0 Å². The maximum Gasteiger partial charge on any atom is 0.326 e. The molecule has 4 amide bonds. The zero-order valence-corrected chi connectivity index (χ0v) is 27.0. The quantitative estimate of drug-likeness (QED) is 0.0965. The van der Waals surface area contributed by atoms with Crippen molar-refractivity contribution in [3.8, 4) is 0 Å². The van der Waals surface area contributed by atoms with E-state index in [2.05, 4.69) is 21.3 Å². The minimum atomic E-state index is -1.14. The molecule has 0 saturated carbocycles. The smallest absolute Gasteiger partial charge is 0.326 e. The van der Waals surface area contributed by atoms with E-state index in [0.717, 1.165) is 6.42 Å². The molecular formula is C30H58N6O6. The number of aliphatic carboxylic acids is 1. The van der Waals surface area contributed by atoms with Crippen LogP contribution in [0.15, 0.2) is 0 Å². The average molecular weight is 599 g/mol. The number of nitrogens with two attached hydrogens (primary N) is 2. The third kappa shape index (κ3) is 16.6. The molecule has 42 heavy (non-hydrogen) atoms. The second-order valence-corrected chi connectivity index (χ2v) is 13.0. The fourth-order valence-electron chi connectivity index (χ4n) is 4.54. The molecule has 0 aliphatic carbocycles. The summed E-state index contributed by atoms with van der Waals surface area (Å²) in [4.78, 5) is 64.5. The second-order valence-electron chi connectivity index (χ2n) is 13.0.